The van der Waals surface area contributed by atoms with E-state index in [4.69, 9.17) is 0 Å². The molecule has 0 saturated heterocycles. The standard InChI is InChI=1S/C17H12BrFN2O3/c18-10-6-5-9(14(19)8-10)7-13(17(23)24)15-11-3-1-2-4-12(11)16(22)21-20-15/h1-6,8,13H,7H2,(H,21,22)(H,23,24). The highest BCUT2D eigenvalue weighted by Gasteiger charge is 2.26. The Morgan fingerprint density at radius 2 is 1.96 bits per heavy atom. The second kappa shape index (κ2) is 6.52. The number of nitrogens with zero attached hydrogens (tertiary/aromatic N) is 1. The average molecular weight is 391 g/mol. The van der Waals surface area contributed by atoms with Crippen molar-refractivity contribution in [1.82, 2.24) is 10.2 Å². The Balaban J connectivity index is 2.11. The van der Waals surface area contributed by atoms with Crippen LogP contribution < -0.4 is 5.56 Å². The molecule has 7 heteroatoms. The van der Waals surface area contributed by atoms with Gasteiger partial charge in [-0.25, -0.2) is 9.49 Å². The summed E-state index contributed by atoms with van der Waals surface area (Å²) in [7, 11) is 0. The first-order valence-electron chi connectivity index (χ1n) is 7.11. The summed E-state index contributed by atoms with van der Waals surface area (Å²) in [5.74, 6) is -2.71. The molecule has 0 aliphatic rings. The third-order valence-corrected chi connectivity index (χ3v) is 4.29. The van der Waals surface area contributed by atoms with Gasteiger partial charge in [0.2, 0.25) is 0 Å². The van der Waals surface area contributed by atoms with Gasteiger partial charge in [-0.05, 0) is 30.2 Å². The molecule has 1 aromatic heterocycles. The lowest BCUT2D eigenvalue weighted by molar-refractivity contribution is -0.138. The van der Waals surface area contributed by atoms with Crippen LogP contribution in [-0.4, -0.2) is 21.3 Å². The van der Waals surface area contributed by atoms with Crippen molar-refractivity contribution in [1.29, 1.82) is 0 Å². The number of nitrogens with one attached hydrogen (secondary N) is 1. The van der Waals surface area contributed by atoms with Gasteiger partial charge in [0.1, 0.15) is 11.7 Å². The maximum Gasteiger partial charge on any atom is 0.313 e. The first-order chi connectivity index (χ1) is 11.5. The van der Waals surface area contributed by atoms with Crippen molar-refractivity contribution in [3.8, 4) is 0 Å². The van der Waals surface area contributed by atoms with E-state index >= 15 is 0 Å². The summed E-state index contributed by atoms with van der Waals surface area (Å²) in [5, 5.41) is 16.6. The van der Waals surface area contributed by atoms with Crippen LogP contribution in [0.4, 0.5) is 4.39 Å². The van der Waals surface area contributed by atoms with Crippen molar-refractivity contribution in [2.24, 2.45) is 0 Å². The van der Waals surface area contributed by atoms with Gasteiger partial charge >= 0.3 is 5.97 Å². The van der Waals surface area contributed by atoms with Gasteiger partial charge in [0.05, 0.1) is 11.1 Å². The van der Waals surface area contributed by atoms with Gasteiger partial charge in [-0.3, -0.25) is 9.59 Å². The Morgan fingerprint density at radius 3 is 2.62 bits per heavy atom. The Morgan fingerprint density at radius 1 is 1.25 bits per heavy atom. The Labute approximate surface area is 144 Å². The molecule has 3 rings (SSSR count). The molecule has 2 aromatic carbocycles. The summed E-state index contributed by atoms with van der Waals surface area (Å²) in [5.41, 5.74) is 0.0796. The van der Waals surface area contributed by atoms with Crippen molar-refractivity contribution in [2.75, 3.05) is 0 Å². The van der Waals surface area contributed by atoms with E-state index in [1.165, 1.54) is 12.1 Å². The maximum atomic E-state index is 14.1. The summed E-state index contributed by atoms with van der Waals surface area (Å²) in [6.07, 6.45) is -0.0719. The second-order valence-corrected chi connectivity index (χ2v) is 6.23. The highest BCUT2D eigenvalue weighted by atomic mass is 79.9. The number of aromatic nitrogens is 2. The number of aromatic amines is 1. The molecule has 24 heavy (non-hydrogen) atoms. The van der Waals surface area contributed by atoms with E-state index in [-0.39, 0.29) is 17.7 Å². The number of halogens is 2. The second-order valence-electron chi connectivity index (χ2n) is 5.31. The molecule has 0 spiro atoms. The minimum Gasteiger partial charge on any atom is -0.481 e. The number of hydrogen-bond donors (Lipinski definition) is 2. The van der Waals surface area contributed by atoms with Crippen LogP contribution in [0.1, 0.15) is 17.2 Å². The Hall–Kier alpha value is -2.54. The molecule has 0 bridgehead atoms. The molecule has 1 heterocycles. The summed E-state index contributed by atoms with van der Waals surface area (Å²) in [4.78, 5) is 23.6. The lowest BCUT2D eigenvalue weighted by Gasteiger charge is -2.14. The van der Waals surface area contributed by atoms with Crippen LogP contribution in [0.5, 0.6) is 0 Å². The van der Waals surface area contributed by atoms with E-state index in [0.29, 0.717) is 15.2 Å². The number of hydrogen-bond acceptors (Lipinski definition) is 3. The third kappa shape index (κ3) is 3.07. The zero-order valence-electron chi connectivity index (χ0n) is 12.3. The fourth-order valence-electron chi connectivity index (χ4n) is 2.61. The lowest BCUT2D eigenvalue weighted by Crippen LogP contribution is -2.20. The van der Waals surface area contributed by atoms with E-state index in [1.807, 2.05) is 0 Å². The van der Waals surface area contributed by atoms with Crippen LogP contribution >= 0.6 is 15.9 Å². The van der Waals surface area contributed by atoms with E-state index in [0.717, 1.165) is 0 Å². The molecule has 122 valence electrons. The molecule has 0 aliphatic carbocycles. The topological polar surface area (TPSA) is 83.0 Å². The molecule has 3 aromatic rings. The van der Waals surface area contributed by atoms with E-state index in [2.05, 4.69) is 26.1 Å². The number of benzene rings is 2. The lowest BCUT2D eigenvalue weighted by atomic mass is 9.93. The number of carbonyl (C=O) groups is 1. The molecule has 0 saturated carbocycles. The van der Waals surface area contributed by atoms with E-state index in [9.17, 15) is 19.1 Å². The van der Waals surface area contributed by atoms with Crippen LogP contribution in [0, 0.1) is 5.82 Å². The summed E-state index contributed by atoms with van der Waals surface area (Å²) in [6, 6.07) is 11.1. The van der Waals surface area contributed by atoms with Crippen molar-refractivity contribution < 1.29 is 14.3 Å². The minimum atomic E-state index is -1.14. The zero-order valence-corrected chi connectivity index (χ0v) is 13.9. The molecule has 1 unspecified atom stereocenters. The molecule has 0 aliphatic heterocycles. The highest BCUT2D eigenvalue weighted by molar-refractivity contribution is 9.10. The smallest absolute Gasteiger partial charge is 0.313 e. The quantitative estimate of drug-likeness (QED) is 0.716. The Bertz CT molecular complexity index is 987. The number of aliphatic carboxylic acids is 1. The molecule has 0 radical (unpaired) electrons. The van der Waals surface area contributed by atoms with Crippen molar-refractivity contribution in [3.63, 3.8) is 0 Å². The van der Waals surface area contributed by atoms with Crippen LogP contribution in [0.2, 0.25) is 0 Å². The van der Waals surface area contributed by atoms with E-state index < -0.39 is 23.3 Å². The molecular weight excluding hydrogens is 379 g/mol. The zero-order chi connectivity index (χ0) is 17.3. The normalized spacial score (nSPS) is 12.2. The van der Waals surface area contributed by atoms with E-state index in [1.54, 1.807) is 30.3 Å². The monoisotopic (exact) mass is 390 g/mol. The highest BCUT2D eigenvalue weighted by Crippen LogP contribution is 2.27. The van der Waals surface area contributed by atoms with Crippen molar-refractivity contribution >= 4 is 32.7 Å². The fourth-order valence-corrected chi connectivity index (χ4v) is 2.94. The number of rotatable bonds is 4. The van der Waals surface area contributed by atoms with Gasteiger partial charge < -0.3 is 5.11 Å². The first kappa shape index (κ1) is 16.3. The van der Waals surface area contributed by atoms with Gasteiger partial charge in [0.15, 0.2) is 0 Å². The Kier molecular flexibility index (Phi) is 4.44. The van der Waals surface area contributed by atoms with Crippen LogP contribution in [0.15, 0.2) is 51.7 Å². The van der Waals surface area contributed by atoms with Gasteiger partial charge in [0, 0.05) is 9.86 Å². The summed E-state index contributed by atoms with van der Waals surface area (Å²) >= 11 is 3.17. The fraction of sp³-hybridized carbons (Fsp3) is 0.118. The van der Waals surface area contributed by atoms with Gasteiger partial charge in [-0.1, -0.05) is 40.2 Å². The molecule has 1 atom stereocenters. The largest absolute Gasteiger partial charge is 0.481 e. The van der Waals surface area contributed by atoms with Crippen LogP contribution in [-0.2, 0) is 11.2 Å². The predicted molar refractivity (Wildman–Crippen MR) is 90.5 cm³/mol. The van der Waals surface area contributed by atoms with Crippen molar-refractivity contribution in [3.05, 3.63) is 74.4 Å². The summed E-state index contributed by atoms with van der Waals surface area (Å²) in [6.45, 7) is 0. The van der Waals surface area contributed by atoms with Gasteiger partial charge in [-0.2, -0.15) is 5.10 Å². The molecule has 0 amide bonds. The maximum absolute atomic E-state index is 14.1. The average Bonchev–Trinajstić information content (AvgIpc) is 2.55. The van der Waals surface area contributed by atoms with Crippen LogP contribution in [0.25, 0.3) is 10.8 Å². The predicted octanol–water partition coefficient (Wildman–Crippen LogP) is 3.24. The molecular formula is C17H12BrFN2O3. The number of carboxylic acids is 1. The summed E-state index contributed by atoms with van der Waals surface area (Å²) < 4.78 is 14.6. The SMILES string of the molecule is O=C(O)C(Cc1ccc(Br)cc1F)c1n[nH]c(=O)c2ccccc12. The van der Waals surface area contributed by atoms with Gasteiger partial charge in [0.25, 0.3) is 5.56 Å². The first-order valence-corrected chi connectivity index (χ1v) is 7.90. The minimum absolute atomic E-state index is 0.0719. The number of carboxylic acid groups (broad SMARTS) is 1. The molecule has 2 N–H and O–H groups in total. The van der Waals surface area contributed by atoms with Crippen molar-refractivity contribution in [2.45, 2.75) is 12.3 Å². The molecule has 5 nitrogen and oxygen atoms in total. The molecule has 0 fully saturated rings. The van der Waals surface area contributed by atoms with Gasteiger partial charge in [-0.15, -0.1) is 0 Å². The third-order valence-electron chi connectivity index (χ3n) is 3.79. The van der Waals surface area contributed by atoms with Crippen LogP contribution in [0.3, 0.4) is 0 Å². The number of fused-ring (bicyclic) bond motifs is 1. The number of H-pyrrole nitrogens is 1.